The number of carbonyl (C=O) groups excluding carboxylic acids is 2. The van der Waals surface area contributed by atoms with Crippen LogP contribution in [0.15, 0.2) is 60.8 Å². The molecule has 11 heteroatoms. The predicted molar refractivity (Wildman–Crippen MR) is 156 cm³/mol. The fourth-order valence-corrected chi connectivity index (χ4v) is 4.40. The summed E-state index contributed by atoms with van der Waals surface area (Å²) in [5.41, 5.74) is 8.27. The van der Waals surface area contributed by atoms with Gasteiger partial charge in [0.05, 0.1) is 12.2 Å². The standard InChI is InChI=1S/C29H34ClN7O3/c1-29(2,3)40-28(39)37-16-14-36(15-17-37)13-7-10-23(38)24-25(30)34-27(31)35-26(24)33-19-22-12-11-21(18-32-22)20-8-5-4-6-9-20/h4-12,18H,13-17,19H2,1-3H3,(H3,31,33,34,35)/b10-7+. The first kappa shape index (κ1) is 29.0. The zero-order chi connectivity index (χ0) is 28.7. The number of nitrogen functional groups attached to an aromatic ring is 1. The molecule has 10 nitrogen and oxygen atoms in total. The number of halogens is 1. The molecule has 1 amide bonds. The van der Waals surface area contributed by atoms with E-state index in [1.165, 1.54) is 6.08 Å². The van der Waals surface area contributed by atoms with Crippen molar-refractivity contribution in [2.45, 2.75) is 32.9 Å². The largest absolute Gasteiger partial charge is 0.444 e. The number of hydrogen-bond acceptors (Lipinski definition) is 9. The van der Waals surface area contributed by atoms with Gasteiger partial charge in [0, 0.05) is 44.5 Å². The van der Waals surface area contributed by atoms with Crippen molar-refractivity contribution in [2.75, 3.05) is 43.8 Å². The maximum absolute atomic E-state index is 13.1. The average molecular weight is 564 g/mol. The average Bonchev–Trinajstić information content (AvgIpc) is 2.91. The van der Waals surface area contributed by atoms with E-state index in [1.807, 2.05) is 63.2 Å². The first-order chi connectivity index (χ1) is 19.1. The SMILES string of the molecule is CC(C)(C)OC(=O)N1CCN(C/C=C/C(=O)c2c(Cl)nc(N)nc2NCc2ccc(-c3ccccc3)cn2)CC1. The number of benzene rings is 1. The van der Waals surface area contributed by atoms with Gasteiger partial charge in [0.2, 0.25) is 5.95 Å². The first-order valence-electron chi connectivity index (χ1n) is 13.1. The van der Waals surface area contributed by atoms with E-state index in [1.54, 1.807) is 17.2 Å². The Morgan fingerprint density at radius 2 is 1.77 bits per heavy atom. The lowest BCUT2D eigenvalue weighted by Crippen LogP contribution is -2.49. The number of ketones is 1. The van der Waals surface area contributed by atoms with Crippen molar-refractivity contribution in [2.24, 2.45) is 0 Å². The molecule has 1 aliphatic heterocycles. The van der Waals surface area contributed by atoms with Crippen molar-refractivity contribution < 1.29 is 14.3 Å². The lowest BCUT2D eigenvalue weighted by molar-refractivity contribution is 0.0154. The van der Waals surface area contributed by atoms with Crippen LogP contribution in [0.25, 0.3) is 11.1 Å². The lowest BCUT2D eigenvalue weighted by atomic mass is 10.1. The Morgan fingerprint density at radius 3 is 2.42 bits per heavy atom. The molecule has 0 atom stereocenters. The van der Waals surface area contributed by atoms with E-state index in [9.17, 15) is 9.59 Å². The number of piperazine rings is 1. The monoisotopic (exact) mass is 563 g/mol. The van der Waals surface area contributed by atoms with Crippen LogP contribution in [-0.4, -0.2) is 75.0 Å². The van der Waals surface area contributed by atoms with Crippen LogP contribution < -0.4 is 11.1 Å². The van der Waals surface area contributed by atoms with E-state index < -0.39 is 5.60 Å². The quantitative estimate of drug-likeness (QED) is 0.228. The van der Waals surface area contributed by atoms with Gasteiger partial charge in [0.1, 0.15) is 22.1 Å². The van der Waals surface area contributed by atoms with Crippen LogP contribution in [0.2, 0.25) is 5.15 Å². The Kier molecular flexibility index (Phi) is 9.34. The summed E-state index contributed by atoms with van der Waals surface area (Å²) in [6, 6.07) is 13.9. The molecule has 40 heavy (non-hydrogen) atoms. The number of anilines is 2. The van der Waals surface area contributed by atoms with Crippen molar-refractivity contribution in [3.8, 4) is 11.1 Å². The van der Waals surface area contributed by atoms with E-state index in [-0.39, 0.29) is 34.4 Å². The van der Waals surface area contributed by atoms with Gasteiger partial charge < -0.3 is 20.7 Å². The Balaban J connectivity index is 1.34. The molecule has 0 radical (unpaired) electrons. The number of nitrogens with zero attached hydrogens (tertiary/aromatic N) is 5. The molecule has 3 N–H and O–H groups in total. The number of hydrogen-bond donors (Lipinski definition) is 2. The Morgan fingerprint density at radius 1 is 1.05 bits per heavy atom. The highest BCUT2D eigenvalue weighted by atomic mass is 35.5. The van der Waals surface area contributed by atoms with Gasteiger partial charge in [-0.05, 0) is 38.5 Å². The van der Waals surface area contributed by atoms with E-state index in [0.717, 1.165) is 16.8 Å². The third kappa shape index (κ3) is 8.00. The molecule has 0 aliphatic carbocycles. The van der Waals surface area contributed by atoms with Crippen LogP contribution in [-0.2, 0) is 11.3 Å². The smallest absolute Gasteiger partial charge is 0.410 e. The maximum Gasteiger partial charge on any atom is 0.410 e. The molecule has 3 heterocycles. The number of carbonyl (C=O) groups is 2. The predicted octanol–water partition coefficient (Wildman–Crippen LogP) is 4.68. The summed E-state index contributed by atoms with van der Waals surface area (Å²) in [7, 11) is 0. The van der Waals surface area contributed by atoms with Gasteiger partial charge in [-0.3, -0.25) is 14.7 Å². The molecular formula is C29H34ClN7O3. The molecule has 1 aromatic carbocycles. The molecule has 1 fully saturated rings. The Hall–Kier alpha value is -4.02. The zero-order valence-corrected chi connectivity index (χ0v) is 23.7. The minimum Gasteiger partial charge on any atom is -0.444 e. The van der Waals surface area contributed by atoms with Crippen molar-refractivity contribution in [3.63, 3.8) is 0 Å². The minimum atomic E-state index is -0.526. The lowest BCUT2D eigenvalue weighted by Gasteiger charge is -2.35. The highest BCUT2D eigenvalue weighted by Gasteiger charge is 2.25. The number of aromatic nitrogens is 3. The molecule has 210 valence electrons. The fraction of sp³-hybridized carbons (Fsp3) is 0.345. The summed E-state index contributed by atoms with van der Waals surface area (Å²) in [6.07, 6.45) is 4.72. The van der Waals surface area contributed by atoms with Gasteiger partial charge in [0.15, 0.2) is 5.78 Å². The summed E-state index contributed by atoms with van der Waals surface area (Å²) >= 11 is 6.32. The highest BCUT2D eigenvalue weighted by Crippen LogP contribution is 2.24. The van der Waals surface area contributed by atoms with Gasteiger partial charge in [0.25, 0.3) is 0 Å². The van der Waals surface area contributed by atoms with Crippen LogP contribution in [0.1, 0.15) is 36.8 Å². The Bertz CT molecular complexity index is 1350. The number of nitrogens with one attached hydrogen (secondary N) is 1. The van der Waals surface area contributed by atoms with Gasteiger partial charge >= 0.3 is 6.09 Å². The summed E-state index contributed by atoms with van der Waals surface area (Å²) in [4.78, 5) is 41.9. The van der Waals surface area contributed by atoms with Gasteiger partial charge in [-0.2, -0.15) is 4.98 Å². The third-order valence-corrected chi connectivity index (χ3v) is 6.43. The minimum absolute atomic E-state index is 0.0250. The second-order valence-corrected chi connectivity index (χ2v) is 10.7. The zero-order valence-electron chi connectivity index (χ0n) is 22.9. The van der Waals surface area contributed by atoms with Gasteiger partial charge in [-0.1, -0.05) is 54.1 Å². The van der Waals surface area contributed by atoms with Crippen molar-refractivity contribution in [1.29, 1.82) is 0 Å². The summed E-state index contributed by atoms with van der Waals surface area (Å²) < 4.78 is 5.44. The highest BCUT2D eigenvalue weighted by molar-refractivity contribution is 6.34. The molecular weight excluding hydrogens is 530 g/mol. The molecule has 1 saturated heterocycles. The summed E-state index contributed by atoms with van der Waals surface area (Å²) in [5, 5.41) is 3.11. The molecule has 2 aromatic heterocycles. The topological polar surface area (TPSA) is 127 Å². The van der Waals surface area contributed by atoms with Crippen molar-refractivity contribution >= 4 is 35.2 Å². The van der Waals surface area contributed by atoms with E-state index >= 15 is 0 Å². The van der Waals surface area contributed by atoms with Crippen LogP contribution >= 0.6 is 11.6 Å². The Labute approximate surface area is 239 Å². The molecule has 4 rings (SSSR count). The maximum atomic E-state index is 13.1. The van der Waals surface area contributed by atoms with E-state index in [2.05, 4.69) is 25.2 Å². The number of nitrogens with two attached hydrogens (primary N) is 1. The summed E-state index contributed by atoms with van der Waals surface area (Å²) in [5.74, 6) is -0.136. The van der Waals surface area contributed by atoms with Gasteiger partial charge in [-0.15, -0.1) is 0 Å². The first-order valence-corrected chi connectivity index (χ1v) is 13.5. The number of pyridine rings is 1. The second-order valence-electron chi connectivity index (χ2n) is 10.4. The molecule has 0 bridgehead atoms. The number of allylic oxidation sites excluding steroid dienone is 1. The normalized spacial score (nSPS) is 14.3. The van der Waals surface area contributed by atoms with Crippen LogP contribution in [0.3, 0.4) is 0 Å². The third-order valence-electron chi connectivity index (χ3n) is 6.15. The number of amides is 1. The van der Waals surface area contributed by atoms with Crippen LogP contribution in [0, 0.1) is 0 Å². The van der Waals surface area contributed by atoms with E-state index in [0.29, 0.717) is 39.3 Å². The van der Waals surface area contributed by atoms with E-state index in [4.69, 9.17) is 22.1 Å². The molecule has 0 spiro atoms. The molecule has 1 aliphatic rings. The van der Waals surface area contributed by atoms with Crippen LogP contribution in [0.4, 0.5) is 16.6 Å². The molecule has 0 saturated carbocycles. The summed E-state index contributed by atoms with van der Waals surface area (Å²) in [6.45, 7) is 8.87. The molecule has 0 unspecified atom stereocenters. The molecule has 3 aromatic rings. The van der Waals surface area contributed by atoms with Crippen molar-refractivity contribution in [3.05, 3.63) is 77.2 Å². The second kappa shape index (κ2) is 12.9. The van der Waals surface area contributed by atoms with Gasteiger partial charge in [-0.25, -0.2) is 9.78 Å². The number of ether oxygens (including phenoxy) is 1. The number of rotatable bonds is 8. The fourth-order valence-electron chi connectivity index (χ4n) is 4.13. The van der Waals surface area contributed by atoms with Crippen molar-refractivity contribution in [1.82, 2.24) is 24.8 Å². The van der Waals surface area contributed by atoms with Crippen LogP contribution in [0.5, 0.6) is 0 Å².